The third kappa shape index (κ3) is 8.30. The summed E-state index contributed by atoms with van der Waals surface area (Å²) in [6.45, 7) is 18.1. The van der Waals surface area contributed by atoms with Gasteiger partial charge in [-0.25, -0.2) is 38.5 Å². The number of nitrogens with zero attached hydrogens (tertiary/aromatic N) is 4. The van der Waals surface area contributed by atoms with E-state index in [0.717, 1.165) is 49.9 Å². The van der Waals surface area contributed by atoms with Gasteiger partial charge < -0.3 is 9.80 Å². The van der Waals surface area contributed by atoms with Gasteiger partial charge in [0.05, 0.1) is 36.0 Å². The van der Waals surface area contributed by atoms with Crippen LogP contribution in [0.3, 0.4) is 0 Å². The van der Waals surface area contributed by atoms with Crippen molar-refractivity contribution in [3.05, 3.63) is 139 Å². The maximum absolute atomic E-state index is 14.6. The van der Waals surface area contributed by atoms with Crippen LogP contribution < -0.4 is 0 Å². The fourth-order valence-corrected chi connectivity index (χ4v) is 15.5. The van der Waals surface area contributed by atoms with Gasteiger partial charge in [0, 0.05) is 43.1 Å². The molecule has 3 aromatic rings. The van der Waals surface area contributed by atoms with Crippen molar-refractivity contribution in [1.82, 2.24) is 9.80 Å². The topological polar surface area (TPSA) is 171 Å². The normalized spacial score (nSPS) is 21.4. The van der Waals surface area contributed by atoms with Crippen molar-refractivity contribution in [1.29, 1.82) is 5.26 Å². The molecule has 326 valence electrons. The largest absolute Gasteiger partial charge is 0.374 e. The minimum absolute atomic E-state index is 0.0360. The highest BCUT2D eigenvalue weighted by molar-refractivity contribution is 7.97. The van der Waals surface area contributed by atoms with E-state index < -0.39 is 69.9 Å². The maximum atomic E-state index is 14.6. The van der Waals surface area contributed by atoms with Gasteiger partial charge in [-0.2, -0.15) is 5.26 Å². The molecule has 2 heterocycles. The monoisotopic (exact) mass is 914 g/mol. The van der Waals surface area contributed by atoms with Gasteiger partial charge >= 0.3 is 0 Å². The molecular formula is C46H50N4O8S4. The lowest BCUT2D eigenvalue weighted by atomic mass is 9.76. The Morgan fingerprint density at radius 2 is 0.919 bits per heavy atom. The third-order valence-corrected chi connectivity index (χ3v) is 19.3. The van der Waals surface area contributed by atoms with Gasteiger partial charge in [-0.3, -0.25) is 0 Å². The van der Waals surface area contributed by atoms with Crippen LogP contribution in [-0.2, 0) is 39.3 Å². The summed E-state index contributed by atoms with van der Waals surface area (Å²) in [5.74, 6) is 0. The molecule has 7 rings (SSSR count). The van der Waals surface area contributed by atoms with Gasteiger partial charge in [0.25, 0.3) is 5.03 Å². The molecule has 62 heavy (non-hydrogen) atoms. The van der Waals surface area contributed by atoms with Gasteiger partial charge in [-0.05, 0) is 116 Å². The Morgan fingerprint density at radius 3 is 1.31 bits per heavy atom. The zero-order valence-electron chi connectivity index (χ0n) is 35.3. The molecule has 0 N–H and O–H groups in total. The van der Waals surface area contributed by atoms with Gasteiger partial charge in [0.1, 0.15) is 6.07 Å². The van der Waals surface area contributed by atoms with E-state index >= 15 is 0 Å². The van der Waals surface area contributed by atoms with Crippen molar-refractivity contribution < 1.29 is 33.7 Å². The first kappa shape index (κ1) is 45.0. The molecule has 0 bridgehead atoms. The summed E-state index contributed by atoms with van der Waals surface area (Å²) >= 11 is 0. The predicted molar refractivity (Wildman–Crippen MR) is 236 cm³/mol. The summed E-state index contributed by atoms with van der Waals surface area (Å²) in [4.78, 5) is 5.33. The lowest BCUT2D eigenvalue weighted by Crippen LogP contribution is -2.33. The number of allylic oxidation sites excluding steroid dienone is 5. The van der Waals surface area contributed by atoms with E-state index in [-0.39, 0.29) is 43.6 Å². The van der Waals surface area contributed by atoms with Crippen molar-refractivity contribution in [2.75, 3.05) is 26.2 Å². The van der Waals surface area contributed by atoms with E-state index in [9.17, 15) is 38.9 Å². The summed E-state index contributed by atoms with van der Waals surface area (Å²) in [5, 5.41) is 9.92. The molecule has 0 radical (unpaired) electrons. The first-order valence-corrected chi connectivity index (χ1v) is 26.5. The van der Waals surface area contributed by atoms with Gasteiger partial charge in [-0.1, -0.05) is 64.1 Å². The highest BCUT2D eigenvalue weighted by Gasteiger charge is 2.45. The van der Waals surface area contributed by atoms with Crippen LogP contribution in [0.1, 0.15) is 79.1 Å². The number of benzene rings is 3. The first-order valence-electron chi connectivity index (χ1n) is 20.6. The number of rotatable bonds is 10. The zero-order chi connectivity index (χ0) is 44.9. The predicted octanol–water partition coefficient (Wildman–Crippen LogP) is 8.35. The van der Waals surface area contributed by atoms with Crippen molar-refractivity contribution >= 4 is 39.3 Å². The molecule has 4 aliphatic rings. The SMILES string of the molecule is [C-]#[N+]/C(=C1/CC(C)(C)CC(N2CCCC2)=C1S(=O)(=O)c1ccccc1)S(=O)(=O)c1ccc(S(=O)(=O)/C(C#N)=C2\CC(C)(C)CC(N3CCCC3)=C2S(=O)(=O)c2ccccc2)cc1. The molecule has 2 aliphatic heterocycles. The summed E-state index contributed by atoms with van der Waals surface area (Å²) in [7, 11) is -18.2. The minimum atomic E-state index is -4.78. The van der Waals surface area contributed by atoms with E-state index in [2.05, 4.69) is 4.85 Å². The second-order valence-corrected chi connectivity index (χ2v) is 25.4. The quantitative estimate of drug-likeness (QED) is 0.141. The Kier molecular flexibility index (Phi) is 12.1. The van der Waals surface area contributed by atoms with Crippen LogP contribution in [0.15, 0.2) is 147 Å². The van der Waals surface area contributed by atoms with Crippen molar-refractivity contribution in [3.8, 4) is 6.07 Å². The molecule has 0 spiro atoms. The molecule has 2 saturated heterocycles. The van der Waals surface area contributed by atoms with Crippen LogP contribution >= 0.6 is 0 Å². The van der Waals surface area contributed by atoms with E-state index in [1.165, 1.54) is 24.3 Å². The summed E-state index contributed by atoms with van der Waals surface area (Å²) in [6, 6.07) is 21.3. The Balaban J connectivity index is 1.38. The van der Waals surface area contributed by atoms with E-state index in [4.69, 9.17) is 6.57 Å². The van der Waals surface area contributed by atoms with Crippen LogP contribution in [0, 0.1) is 28.7 Å². The molecule has 0 aromatic heterocycles. The first-order chi connectivity index (χ1) is 29.2. The van der Waals surface area contributed by atoms with Crippen LogP contribution in [0.5, 0.6) is 0 Å². The minimum Gasteiger partial charge on any atom is -0.374 e. The van der Waals surface area contributed by atoms with Crippen molar-refractivity contribution in [2.24, 2.45) is 10.8 Å². The number of sulfone groups is 4. The van der Waals surface area contributed by atoms with Crippen molar-refractivity contribution in [3.63, 3.8) is 0 Å². The van der Waals surface area contributed by atoms with Crippen LogP contribution in [0.25, 0.3) is 4.85 Å². The zero-order valence-corrected chi connectivity index (χ0v) is 38.5. The van der Waals surface area contributed by atoms with E-state index in [0.29, 0.717) is 50.4 Å². The maximum Gasteiger partial charge on any atom is 0.287 e. The smallest absolute Gasteiger partial charge is 0.287 e. The number of hydrogen-bond donors (Lipinski definition) is 0. The molecule has 16 heteroatoms. The molecule has 12 nitrogen and oxygen atoms in total. The van der Waals surface area contributed by atoms with E-state index in [1.807, 2.05) is 43.6 Å². The average molecular weight is 915 g/mol. The van der Waals surface area contributed by atoms with Crippen LogP contribution in [-0.4, -0.2) is 69.7 Å². The van der Waals surface area contributed by atoms with Gasteiger partial charge in [-0.15, -0.1) is 0 Å². The molecule has 0 unspecified atom stereocenters. The molecule has 3 aromatic carbocycles. The van der Waals surface area contributed by atoms with Gasteiger partial charge in [0.15, 0.2) is 4.91 Å². The third-order valence-electron chi connectivity index (χ3n) is 12.0. The van der Waals surface area contributed by atoms with Crippen LogP contribution in [0.4, 0.5) is 0 Å². The highest BCUT2D eigenvalue weighted by atomic mass is 32.2. The Hall–Kier alpha value is -5.00. The lowest BCUT2D eigenvalue weighted by Gasteiger charge is -2.39. The molecule has 0 saturated carbocycles. The Morgan fingerprint density at radius 1 is 0.548 bits per heavy atom. The lowest BCUT2D eigenvalue weighted by molar-refractivity contribution is 0.288. The molecule has 0 atom stereocenters. The fourth-order valence-electron chi connectivity index (χ4n) is 9.18. The average Bonchev–Trinajstić information content (AvgIpc) is 3.97. The standard InChI is InChI=1S/C46H50N4O8S4/c1-45(2)28-37(42(39(30-45)49-24-12-13-25-49)60(53,54)33-16-8-6-9-17-33)41(32-47)59(51,52)35-20-22-36(23-21-35)62(57,58)44(48-5)38-29-46(3,4)31-40(50-26-14-15-27-50)43(38)61(55,56)34-18-10-7-11-19-34/h6-11,16-23H,12-15,24-31H2,1-4H3/b41-37+,44-38+. The molecule has 2 fully saturated rings. The molecular weight excluding hydrogens is 865 g/mol. The molecule has 0 amide bonds. The summed E-state index contributed by atoms with van der Waals surface area (Å²) < 4.78 is 117. The summed E-state index contributed by atoms with van der Waals surface area (Å²) in [5.41, 5.74) is -0.581. The number of nitriles is 1. The van der Waals surface area contributed by atoms with Gasteiger partial charge in [0.2, 0.25) is 39.3 Å². The van der Waals surface area contributed by atoms with E-state index in [1.54, 1.807) is 36.4 Å². The second kappa shape index (κ2) is 16.6. The number of likely N-dealkylation sites (tertiary alicyclic amines) is 2. The number of hydrogen-bond acceptors (Lipinski definition) is 11. The highest BCUT2D eigenvalue weighted by Crippen LogP contribution is 2.51. The van der Waals surface area contributed by atoms with Crippen molar-refractivity contribution in [2.45, 2.75) is 98.6 Å². The fraction of sp³-hybridized carbons (Fsp3) is 0.391. The summed E-state index contributed by atoms with van der Waals surface area (Å²) in [6.07, 6.45) is 3.90. The van der Waals surface area contributed by atoms with Crippen LogP contribution in [0.2, 0.25) is 0 Å². The second-order valence-electron chi connectivity index (χ2n) is 17.9. The Labute approximate surface area is 366 Å². The molecule has 2 aliphatic carbocycles. The Bertz CT molecular complexity index is 2760.